The van der Waals surface area contributed by atoms with E-state index in [4.69, 9.17) is 27.9 Å². The van der Waals surface area contributed by atoms with Gasteiger partial charge in [-0.1, -0.05) is 53.5 Å². The molecule has 0 aromatic heterocycles. The Bertz CT molecular complexity index is 999. The number of likely N-dealkylation sites (N-methyl/N-ethyl adjacent to an activating group) is 1. The van der Waals surface area contributed by atoms with Crippen LogP contribution in [-0.2, 0) is 21.4 Å². The molecule has 6 heteroatoms. The second-order valence-corrected chi connectivity index (χ2v) is 10.2. The lowest BCUT2D eigenvalue weighted by molar-refractivity contribution is -0.135. The van der Waals surface area contributed by atoms with Crippen LogP contribution in [-0.4, -0.2) is 55.1 Å². The maximum absolute atomic E-state index is 13.6. The van der Waals surface area contributed by atoms with E-state index >= 15 is 0 Å². The van der Waals surface area contributed by atoms with E-state index in [1.54, 1.807) is 12.1 Å². The van der Waals surface area contributed by atoms with E-state index in [-0.39, 0.29) is 23.4 Å². The minimum Gasteiger partial charge on any atom is -0.381 e. The molecule has 0 bridgehead atoms. The standard InChI is InChI=1S/C26H30Cl2N2O2/c1-29(23(31)17-18-8-9-21(27)22(28)16-18)25-24(30-12-4-5-13-30)19-6-2-3-7-20(19)26(25)10-14-32-15-11-26/h2-3,6-9,16,24-25H,4-5,10-15,17H2,1H3/t24-,25+/m0/s1. The Hall–Kier alpha value is -1.59. The van der Waals surface area contributed by atoms with Gasteiger partial charge < -0.3 is 9.64 Å². The lowest BCUT2D eigenvalue weighted by Gasteiger charge is -2.47. The van der Waals surface area contributed by atoms with Crippen LogP contribution in [0.1, 0.15) is 48.4 Å². The fourth-order valence-electron chi connectivity index (χ4n) is 6.24. The van der Waals surface area contributed by atoms with Crippen LogP contribution in [0, 0.1) is 0 Å². The molecule has 0 saturated carbocycles. The predicted octanol–water partition coefficient (Wildman–Crippen LogP) is 5.26. The van der Waals surface area contributed by atoms with Crippen molar-refractivity contribution in [1.82, 2.24) is 9.80 Å². The van der Waals surface area contributed by atoms with Crippen LogP contribution in [0.4, 0.5) is 0 Å². The molecule has 2 heterocycles. The molecule has 2 aromatic carbocycles. The van der Waals surface area contributed by atoms with Crippen molar-refractivity contribution < 1.29 is 9.53 Å². The Labute approximate surface area is 200 Å². The number of halogens is 2. The molecule has 1 spiro atoms. The fraction of sp³-hybridized carbons (Fsp3) is 0.500. The van der Waals surface area contributed by atoms with Gasteiger partial charge in [-0.3, -0.25) is 9.69 Å². The van der Waals surface area contributed by atoms with Gasteiger partial charge in [0.05, 0.1) is 28.5 Å². The Morgan fingerprint density at radius 2 is 1.81 bits per heavy atom. The van der Waals surface area contributed by atoms with Crippen molar-refractivity contribution in [3.63, 3.8) is 0 Å². The molecule has 2 aliphatic heterocycles. The lowest BCUT2D eigenvalue weighted by atomic mass is 9.71. The summed E-state index contributed by atoms with van der Waals surface area (Å²) in [6.07, 6.45) is 4.66. The van der Waals surface area contributed by atoms with E-state index in [0.717, 1.165) is 44.7 Å². The van der Waals surface area contributed by atoms with Crippen LogP contribution < -0.4 is 0 Å². The largest absolute Gasteiger partial charge is 0.381 e. The van der Waals surface area contributed by atoms with Gasteiger partial charge in [0, 0.05) is 25.7 Å². The van der Waals surface area contributed by atoms with Gasteiger partial charge >= 0.3 is 0 Å². The summed E-state index contributed by atoms with van der Waals surface area (Å²) in [5.41, 5.74) is 3.64. The molecule has 2 aromatic rings. The van der Waals surface area contributed by atoms with Crippen molar-refractivity contribution in [2.45, 2.75) is 49.6 Å². The minimum absolute atomic E-state index is 0.0653. The quantitative estimate of drug-likeness (QED) is 0.607. The number of hydrogen-bond donors (Lipinski definition) is 0. The number of carbonyl (C=O) groups is 1. The van der Waals surface area contributed by atoms with Gasteiger partial charge in [0.1, 0.15) is 0 Å². The first kappa shape index (κ1) is 22.2. The SMILES string of the molecule is CN(C(=O)Cc1ccc(Cl)c(Cl)c1)[C@@H]1[C@@H](N2CCCC2)c2ccccc2C12CCOCC2. The fourth-order valence-corrected chi connectivity index (χ4v) is 6.56. The summed E-state index contributed by atoms with van der Waals surface area (Å²) < 4.78 is 5.80. The molecule has 1 aliphatic carbocycles. The summed E-state index contributed by atoms with van der Waals surface area (Å²) >= 11 is 12.3. The van der Waals surface area contributed by atoms with Gasteiger partial charge in [-0.25, -0.2) is 0 Å². The number of rotatable bonds is 4. The number of hydrogen-bond acceptors (Lipinski definition) is 3. The van der Waals surface area contributed by atoms with Crippen LogP contribution in [0.15, 0.2) is 42.5 Å². The van der Waals surface area contributed by atoms with E-state index < -0.39 is 0 Å². The number of ether oxygens (including phenoxy) is 1. The number of likely N-dealkylation sites (tertiary alicyclic amines) is 1. The first-order chi connectivity index (χ1) is 15.5. The van der Waals surface area contributed by atoms with Gasteiger partial charge in [-0.15, -0.1) is 0 Å². The summed E-state index contributed by atoms with van der Waals surface area (Å²) in [4.78, 5) is 18.3. The van der Waals surface area contributed by atoms with E-state index in [0.29, 0.717) is 16.5 Å². The Balaban J connectivity index is 1.52. The third-order valence-electron chi connectivity index (χ3n) is 7.75. The zero-order chi connectivity index (χ0) is 22.3. The number of amides is 1. The Morgan fingerprint density at radius 3 is 2.53 bits per heavy atom. The summed E-state index contributed by atoms with van der Waals surface area (Å²) in [7, 11) is 2.00. The molecule has 2 fully saturated rings. The molecule has 170 valence electrons. The molecule has 5 rings (SSSR count). The average Bonchev–Trinajstić information content (AvgIpc) is 3.42. The molecule has 1 amide bonds. The number of nitrogens with zero attached hydrogens (tertiary/aromatic N) is 2. The van der Waals surface area contributed by atoms with Crippen LogP contribution in [0.2, 0.25) is 10.0 Å². The smallest absolute Gasteiger partial charge is 0.227 e. The van der Waals surface area contributed by atoms with Crippen LogP contribution in [0.25, 0.3) is 0 Å². The van der Waals surface area contributed by atoms with Gasteiger partial charge in [0.15, 0.2) is 0 Å². The van der Waals surface area contributed by atoms with Gasteiger partial charge in [0.2, 0.25) is 5.91 Å². The van der Waals surface area contributed by atoms with E-state index in [1.165, 1.54) is 24.0 Å². The highest BCUT2D eigenvalue weighted by molar-refractivity contribution is 6.42. The zero-order valence-corrected chi connectivity index (χ0v) is 20.0. The molecule has 0 unspecified atom stereocenters. The zero-order valence-electron chi connectivity index (χ0n) is 18.5. The highest BCUT2D eigenvalue weighted by Gasteiger charge is 2.56. The summed E-state index contributed by atoms with van der Waals surface area (Å²) in [5.74, 6) is 0.122. The molecule has 2 saturated heterocycles. The van der Waals surface area contributed by atoms with Gasteiger partial charge in [0.25, 0.3) is 0 Å². The highest BCUT2D eigenvalue weighted by Crippen LogP contribution is 2.55. The predicted molar refractivity (Wildman–Crippen MR) is 128 cm³/mol. The molecular weight excluding hydrogens is 443 g/mol. The number of carbonyl (C=O) groups excluding carboxylic acids is 1. The first-order valence-corrected chi connectivity index (χ1v) is 12.4. The monoisotopic (exact) mass is 472 g/mol. The molecule has 2 atom stereocenters. The van der Waals surface area contributed by atoms with Crippen molar-refractivity contribution in [3.8, 4) is 0 Å². The Morgan fingerprint density at radius 1 is 1.09 bits per heavy atom. The normalized spacial score (nSPS) is 24.6. The third-order valence-corrected chi connectivity index (χ3v) is 8.49. The highest BCUT2D eigenvalue weighted by atomic mass is 35.5. The first-order valence-electron chi connectivity index (χ1n) is 11.6. The topological polar surface area (TPSA) is 32.8 Å². The average molecular weight is 473 g/mol. The summed E-state index contributed by atoms with van der Waals surface area (Å²) in [6.45, 7) is 3.67. The maximum Gasteiger partial charge on any atom is 0.227 e. The molecule has 3 aliphatic rings. The molecular formula is C26H30Cl2N2O2. The minimum atomic E-state index is -0.0653. The van der Waals surface area contributed by atoms with Crippen LogP contribution in [0.3, 0.4) is 0 Å². The van der Waals surface area contributed by atoms with Gasteiger partial charge in [-0.05, 0) is 67.6 Å². The van der Waals surface area contributed by atoms with E-state index in [2.05, 4.69) is 29.2 Å². The second-order valence-electron chi connectivity index (χ2n) is 9.42. The third kappa shape index (κ3) is 3.75. The van der Waals surface area contributed by atoms with Crippen molar-refractivity contribution in [3.05, 3.63) is 69.2 Å². The molecule has 32 heavy (non-hydrogen) atoms. The van der Waals surface area contributed by atoms with Crippen molar-refractivity contribution in [1.29, 1.82) is 0 Å². The molecule has 0 radical (unpaired) electrons. The van der Waals surface area contributed by atoms with Crippen molar-refractivity contribution in [2.75, 3.05) is 33.4 Å². The maximum atomic E-state index is 13.6. The van der Waals surface area contributed by atoms with E-state index in [1.807, 2.05) is 18.0 Å². The number of benzene rings is 2. The van der Waals surface area contributed by atoms with E-state index in [9.17, 15) is 4.79 Å². The van der Waals surface area contributed by atoms with Crippen molar-refractivity contribution >= 4 is 29.1 Å². The molecule has 4 nitrogen and oxygen atoms in total. The second kappa shape index (κ2) is 8.98. The summed E-state index contributed by atoms with van der Waals surface area (Å²) in [5, 5.41) is 1.00. The van der Waals surface area contributed by atoms with Crippen molar-refractivity contribution in [2.24, 2.45) is 0 Å². The Kier molecular flexibility index (Phi) is 6.23. The van der Waals surface area contributed by atoms with Crippen LogP contribution >= 0.6 is 23.2 Å². The lowest BCUT2D eigenvalue weighted by Crippen LogP contribution is -2.55. The van der Waals surface area contributed by atoms with Crippen LogP contribution in [0.5, 0.6) is 0 Å². The van der Waals surface area contributed by atoms with Gasteiger partial charge in [-0.2, -0.15) is 0 Å². The summed E-state index contributed by atoms with van der Waals surface area (Å²) in [6, 6.07) is 14.7. The number of fused-ring (bicyclic) bond motifs is 2. The molecule has 0 N–H and O–H groups in total.